The summed E-state index contributed by atoms with van der Waals surface area (Å²) in [5, 5.41) is 3.84. The number of aromatic nitrogens is 2. The third kappa shape index (κ3) is 4.54. The molecule has 1 aliphatic rings. The number of hydrogen-bond acceptors (Lipinski definition) is 4. The van der Waals surface area contributed by atoms with Crippen LogP contribution in [0.3, 0.4) is 0 Å². The summed E-state index contributed by atoms with van der Waals surface area (Å²) in [5.74, 6) is -0.0184. The predicted molar refractivity (Wildman–Crippen MR) is 114 cm³/mol. The van der Waals surface area contributed by atoms with Crippen LogP contribution in [-0.4, -0.2) is 39.5 Å². The Morgan fingerprint density at radius 2 is 2.10 bits per heavy atom. The lowest BCUT2D eigenvalue weighted by Gasteiger charge is -2.33. The highest BCUT2D eigenvalue weighted by Crippen LogP contribution is 2.15. The van der Waals surface area contributed by atoms with Crippen molar-refractivity contribution in [3.8, 4) is 0 Å². The molecule has 1 saturated heterocycles. The number of pyridine rings is 2. The molecular formula is C23H26N4O2. The van der Waals surface area contributed by atoms with Gasteiger partial charge in [-0.05, 0) is 50.1 Å². The van der Waals surface area contributed by atoms with Crippen LogP contribution in [0.5, 0.6) is 0 Å². The molecule has 1 fully saturated rings. The van der Waals surface area contributed by atoms with Crippen molar-refractivity contribution in [3.05, 3.63) is 76.3 Å². The predicted octanol–water partition coefficient (Wildman–Crippen LogP) is 2.49. The highest BCUT2D eigenvalue weighted by molar-refractivity contribution is 5.82. The van der Waals surface area contributed by atoms with E-state index in [1.165, 1.54) is 5.56 Å². The van der Waals surface area contributed by atoms with Gasteiger partial charge in [-0.15, -0.1) is 0 Å². The van der Waals surface area contributed by atoms with Crippen molar-refractivity contribution in [2.75, 3.05) is 13.1 Å². The van der Waals surface area contributed by atoms with Crippen molar-refractivity contribution in [1.82, 2.24) is 19.8 Å². The van der Waals surface area contributed by atoms with Crippen LogP contribution in [-0.2, 0) is 17.9 Å². The Morgan fingerprint density at radius 3 is 2.93 bits per heavy atom. The fourth-order valence-electron chi connectivity index (χ4n) is 4.15. The second-order valence-electron chi connectivity index (χ2n) is 7.76. The van der Waals surface area contributed by atoms with Gasteiger partial charge in [-0.2, -0.15) is 0 Å². The Hall–Kier alpha value is -2.99. The summed E-state index contributed by atoms with van der Waals surface area (Å²) in [6.45, 7) is 4.81. The van der Waals surface area contributed by atoms with Gasteiger partial charge in [0.2, 0.25) is 5.91 Å². The van der Waals surface area contributed by atoms with Gasteiger partial charge in [-0.25, -0.2) is 0 Å². The number of amides is 1. The molecule has 1 N–H and O–H groups in total. The van der Waals surface area contributed by atoms with Crippen LogP contribution in [0.15, 0.2) is 59.7 Å². The number of carbonyl (C=O) groups excluding carboxylic acids is 1. The summed E-state index contributed by atoms with van der Waals surface area (Å²) < 4.78 is 1.92. The van der Waals surface area contributed by atoms with Crippen LogP contribution in [0.2, 0.25) is 0 Å². The number of nitrogens with zero attached hydrogens (tertiary/aromatic N) is 3. The molecule has 1 aliphatic heterocycles. The summed E-state index contributed by atoms with van der Waals surface area (Å²) in [6.07, 6.45) is 5.72. The van der Waals surface area contributed by atoms with E-state index in [-0.39, 0.29) is 23.9 Å². The van der Waals surface area contributed by atoms with Crippen LogP contribution < -0.4 is 10.7 Å². The van der Waals surface area contributed by atoms with Gasteiger partial charge >= 0.3 is 0 Å². The lowest BCUT2D eigenvalue weighted by Crippen LogP contribution is -2.48. The molecule has 6 nitrogen and oxygen atoms in total. The van der Waals surface area contributed by atoms with Gasteiger partial charge in [-0.1, -0.05) is 18.2 Å². The van der Waals surface area contributed by atoms with Gasteiger partial charge < -0.3 is 9.88 Å². The topological polar surface area (TPSA) is 67.2 Å². The third-order valence-corrected chi connectivity index (χ3v) is 5.53. The Balaban J connectivity index is 1.42. The Kier molecular flexibility index (Phi) is 5.71. The van der Waals surface area contributed by atoms with Crippen LogP contribution in [0.25, 0.3) is 10.9 Å². The minimum Gasteiger partial charge on any atom is -0.351 e. The van der Waals surface area contributed by atoms with Crippen molar-refractivity contribution in [1.29, 1.82) is 0 Å². The fraction of sp³-hybridized carbons (Fsp3) is 0.348. The minimum absolute atomic E-state index is 0.00641. The summed E-state index contributed by atoms with van der Waals surface area (Å²) in [7, 11) is 0. The Labute approximate surface area is 170 Å². The van der Waals surface area contributed by atoms with Gasteiger partial charge in [0.1, 0.15) is 6.54 Å². The van der Waals surface area contributed by atoms with Crippen LogP contribution in [0.1, 0.15) is 24.1 Å². The number of likely N-dealkylation sites (tertiary alicyclic amines) is 1. The molecule has 3 heterocycles. The number of aryl methyl sites for hydroxylation is 1. The first kappa shape index (κ1) is 19.3. The van der Waals surface area contributed by atoms with Crippen molar-refractivity contribution in [2.45, 2.75) is 38.9 Å². The zero-order valence-corrected chi connectivity index (χ0v) is 16.7. The van der Waals surface area contributed by atoms with Gasteiger partial charge in [0, 0.05) is 48.7 Å². The smallest absolute Gasteiger partial charge is 0.240 e. The van der Waals surface area contributed by atoms with Crippen molar-refractivity contribution in [2.24, 2.45) is 0 Å². The number of rotatable bonds is 5. The number of fused-ring (bicyclic) bond motifs is 1. The van der Waals surface area contributed by atoms with Gasteiger partial charge in [-0.3, -0.25) is 19.5 Å². The molecule has 0 aliphatic carbocycles. The molecule has 0 bridgehead atoms. The number of carbonyl (C=O) groups is 1. The molecule has 1 atom stereocenters. The SMILES string of the molecule is Cc1cc(=O)c2ccccc2n1CC(=O)N[C@@H]1CCCN(Cc2cccnc2)C1. The molecule has 0 saturated carbocycles. The number of para-hydroxylation sites is 1. The first-order valence-corrected chi connectivity index (χ1v) is 10.1. The molecule has 1 amide bonds. The van der Waals surface area contributed by atoms with Crippen molar-refractivity contribution >= 4 is 16.8 Å². The highest BCUT2D eigenvalue weighted by Gasteiger charge is 2.22. The highest BCUT2D eigenvalue weighted by atomic mass is 16.2. The number of piperidine rings is 1. The minimum atomic E-state index is -0.0184. The molecule has 3 aromatic rings. The number of benzene rings is 1. The van der Waals surface area contributed by atoms with E-state index in [1.807, 2.05) is 48.0 Å². The normalized spacial score (nSPS) is 17.3. The quantitative estimate of drug-likeness (QED) is 0.727. The van der Waals surface area contributed by atoms with E-state index in [0.717, 1.165) is 43.7 Å². The first-order valence-electron chi connectivity index (χ1n) is 10.1. The molecule has 150 valence electrons. The van der Waals surface area contributed by atoms with E-state index >= 15 is 0 Å². The van der Waals surface area contributed by atoms with Gasteiger partial charge in [0.25, 0.3) is 0 Å². The van der Waals surface area contributed by atoms with E-state index in [1.54, 1.807) is 12.3 Å². The summed E-state index contributed by atoms with van der Waals surface area (Å²) >= 11 is 0. The van der Waals surface area contributed by atoms with Crippen LogP contribution in [0, 0.1) is 6.92 Å². The Morgan fingerprint density at radius 1 is 1.24 bits per heavy atom. The average Bonchev–Trinajstić information content (AvgIpc) is 2.72. The molecule has 4 rings (SSSR count). The lowest BCUT2D eigenvalue weighted by atomic mass is 10.0. The molecule has 6 heteroatoms. The molecule has 0 spiro atoms. The maximum absolute atomic E-state index is 12.8. The zero-order chi connectivity index (χ0) is 20.2. The van der Waals surface area contributed by atoms with E-state index < -0.39 is 0 Å². The summed E-state index contributed by atoms with van der Waals surface area (Å²) in [5.41, 5.74) is 2.78. The molecular weight excluding hydrogens is 364 g/mol. The van der Waals surface area contributed by atoms with E-state index in [4.69, 9.17) is 0 Å². The molecule has 0 radical (unpaired) electrons. The summed E-state index contributed by atoms with van der Waals surface area (Å²) in [4.78, 5) is 31.6. The van der Waals surface area contributed by atoms with Gasteiger partial charge in [0.15, 0.2) is 5.43 Å². The van der Waals surface area contributed by atoms with E-state index in [2.05, 4.69) is 21.3 Å². The molecule has 1 aromatic carbocycles. The van der Waals surface area contributed by atoms with Crippen LogP contribution in [0.4, 0.5) is 0 Å². The van der Waals surface area contributed by atoms with E-state index in [9.17, 15) is 9.59 Å². The zero-order valence-electron chi connectivity index (χ0n) is 16.7. The third-order valence-electron chi connectivity index (χ3n) is 5.53. The second-order valence-corrected chi connectivity index (χ2v) is 7.76. The fourth-order valence-corrected chi connectivity index (χ4v) is 4.15. The average molecular weight is 390 g/mol. The van der Waals surface area contributed by atoms with Crippen LogP contribution >= 0.6 is 0 Å². The van der Waals surface area contributed by atoms with Crippen molar-refractivity contribution < 1.29 is 4.79 Å². The first-order chi connectivity index (χ1) is 14.1. The molecule has 0 unspecified atom stereocenters. The van der Waals surface area contributed by atoms with Crippen molar-refractivity contribution in [3.63, 3.8) is 0 Å². The molecule has 29 heavy (non-hydrogen) atoms. The maximum atomic E-state index is 12.8. The molecule has 2 aromatic heterocycles. The monoisotopic (exact) mass is 390 g/mol. The van der Waals surface area contributed by atoms with Gasteiger partial charge in [0.05, 0.1) is 5.52 Å². The standard InChI is InChI=1S/C23H26N4O2/c1-17-12-22(28)20-8-2-3-9-21(20)27(17)16-23(29)25-19-7-5-11-26(15-19)14-18-6-4-10-24-13-18/h2-4,6,8-10,12-13,19H,5,7,11,14-16H2,1H3,(H,25,29)/t19-/m1/s1. The lowest BCUT2D eigenvalue weighted by molar-refractivity contribution is -0.122. The summed E-state index contributed by atoms with van der Waals surface area (Å²) in [6, 6.07) is 13.2. The number of nitrogens with one attached hydrogen (secondary N) is 1. The van der Waals surface area contributed by atoms with E-state index in [0.29, 0.717) is 5.39 Å². The Bertz CT molecular complexity index is 1060. The maximum Gasteiger partial charge on any atom is 0.240 e. The second kappa shape index (κ2) is 8.57. The largest absolute Gasteiger partial charge is 0.351 e. The number of hydrogen-bond donors (Lipinski definition) is 1.